The summed E-state index contributed by atoms with van der Waals surface area (Å²) < 4.78 is 0. The summed E-state index contributed by atoms with van der Waals surface area (Å²) in [4.78, 5) is 10.00. The van der Waals surface area contributed by atoms with Gasteiger partial charge in [-0.05, 0) is 23.3 Å². The maximum atomic E-state index is 10.00. The molecule has 2 nitrogen and oxygen atoms in total. The van der Waals surface area contributed by atoms with Crippen molar-refractivity contribution < 1.29 is 9.90 Å². The van der Waals surface area contributed by atoms with Crippen LogP contribution in [0.2, 0.25) is 0 Å². The minimum Gasteiger partial charge on any atom is -0.392 e. The molecule has 2 heteroatoms. The molecule has 0 aliphatic carbocycles. The summed E-state index contributed by atoms with van der Waals surface area (Å²) in [5.41, 5.74) is 1.77. The molecule has 0 amide bonds. The van der Waals surface area contributed by atoms with E-state index < -0.39 is 0 Å². The number of hydrogen-bond donors (Lipinski definition) is 1. The van der Waals surface area contributed by atoms with E-state index in [2.05, 4.69) is 0 Å². The van der Waals surface area contributed by atoms with E-state index in [9.17, 15) is 4.79 Å². The van der Waals surface area contributed by atoms with Crippen molar-refractivity contribution in [2.45, 2.75) is 6.61 Å². The van der Waals surface area contributed by atoms with Gasteiger partial charge in [-0.3, -0.25) is 4.79 Å². The molecule has 0 aliphatic heterocycles. The van der Waals surface area contributed by atoms with E-state index in [0.29, 0.717) is 0 Å². The molecule has 0 unspecified atom stereocenters. The van der Waals surface area contributed by atoms with Gasteiger partial charge < -0.3 is 5.11 Å². The van der Waals surface area contributed by atoms with Gasteiger partial charge in [0.2, 0.25) is 0 Å². The number of hydrogen-bond acceptors (Lipinski definition) is 2. The third-order valence-electron chi connectivity index (χ3n) is 1.50. The van der Waals surface area contributed by atoms with Crippen LogP contribution >= 0.6 is 0 Å². The van der Waals surface area contributed by atoms with Gasteiger partial charge in [0.25, 0.3) is 0 Å². The van der Waals surface area contributed by atoms with Crippen molar-refractivity contribution in [1.82, 2.24) is 0 Å². The topological polar surface area (TPSA) is 37.3 Å². The Bertz CT molecular complexity index is 290. The second kappa shape index (κ2) is 4.46. The zero-order valence-electron chi connectivity index (χ0n) is 6.60. The first kappa shape index (κ1) is 8.68. The van der Waals surface area contributed by atoms with E-state index in [-0.39, 0.29) is 6.61 Å². The van der Waals surface area contributed by atoms with E-state index in [4.69, 9.17) is 5.11 Å². The quantitative estimate of drug-likeness (QED) is 0.538. The number of allylic oxidation sites excluding steroid dienone is 1. The molecule has 12 heavy (non-hydrogen) atoms. The lowest BCUT2D eigenvalue weighted by Gasteiger charge is -1.96. The number of aliphatic hydroxyl groups is 1. The van der Waals surface area contributed by atoms with Gasteiger partial charge in [0.15, 0.2) is 0 Å². The minimum atomic E-state index is 0.0305. The molecular weight excluding hydrogens is 152 g/mol. The van der Waals surface area contributed by atoms with Gasteiger partial charge in [-0.15, -0.1) is 0 Å². The highest BCUT2D eigenvalue weighted by atomic mass is 16.3. The molecule has 0 spiro atoms. The molecule has 1 N–H and O–H groups in total. The number of rotatable bonds is 3. The monoisotopic (exact) mass is 162 g/mol. The molecule has 1 rings (SSSR count). The fourth-order valence-corrected chi connectivity index (χ4v) is 0.946. The fraction of sp³-hybridized carbons (Fsp3) is 0.100. The van der Waals surface area contributed by atoms with Crippen molar-refractivity contribution in [2.24, 2.45) is 0 Å². The average Bonchev–Trinajstić information content (AvgIpc) is 2.15. The van der Waals surface area contributed by atoms with Crippen LogP contribution in [0.3, 0.4) is 0 Å². The summed E-state index contributed by atoms with van der Waals surface area (Å²) in [6.07, 6.45) is 3.86. The van der Waals surface area contributed by atoms with E-state index in [1.54, 1.807) is 6.08 Å². The number of carbonyl (C=O) groups is 1. The molecule has 0 saturated carbocycles. The highest BCUT2D eigenvalue weighted by Gasteiger charge is 1.89. The second-order valence-corrected chi connectivity index (χ2v) is 2.40. The van der Waals surface area contributed by atoms with Gasteiger partial charge in [0, 0.05) is 0 Å². The van der Waals surface area contributed by atoms with Gasteiger partial charge in [-0.2, -0.15) is 0 Å². The molecule has 62 valence electrons. The Morgan fingerprint density at radius 3 is 2.92 bits per heavy atom. The molecule has 0 atom stereocenters. The van der Waals surface area contributed by atoms with Gasteiger partial charge >= 0.3 is 0 Å². The minimum absolute atomic E-state index is 0.0305. The average molecular weight is 162 g/mol. The third-order valence-corrected chi connectivity index (χ3v) is 1.50. The van der Waals surface area contributed by atoms with Crippen LogP contribution in [0.4, 0.5) is 0 Å². The summed E-state index contributed by atoms with van der Waals surface area (Å²) >= 11 is 0. The maximum Gasteiger partial charge on any atom is 0.142 e. The molecular formula is C10H10O2. The SMILES string of the molecule is O=C/C=C/c1cccc(CO)c1. The van der Waals surface area contributed by atoms with E-state index in [0.717, 1.165) is 17.4 Å². The predicted molar refractivity (Wildman–Crippen MR) is 47.5 cm³/mol. The first-order valence-electron chi connectivity index (χ1n) is 3.68. The van der Waals surface area contributed by atoms with Crippen LogP contribution in [-0.2, 0) is 11.4 Å². The number of aliphatic hydroxyl groups excluding tert-OH is 1. The van der Waals surface area contributed by atoms with Crippen LogP contribution in [0.5, 0.6) is 0 Å². The highest BCUT2D eigenvalue weighted by molar-refractivity contribution is 5.73. The molecule has 0 radical (unpaired) electrons. The van der Waals surface area contributed by atoms with Crippen molar-refractivity contribution in [2.75, 3.05) is 0 Å². The zero-order valence-corrected chi connectivity index (χ0v) is 6.60. The van der Waals surface area contributed by atoms with Crippen LogP contribution < -0.4 is 0 Å². The van der Waals surface area contributed by atoms with Gasteiger partial charge in [0.1, 0.15) is 6.29 Å². The first-order chi connectivity index (χ1) is 5.86. The van der Waals surface area contributed by atoms with Crippen molar-refractivity contribution in [3.8, 4) is 0 Å². The summed E-state index contributed by atoms with van der Waals surface area (Å²) in [6, 6.07) is 7.38. The molecule has 1 aromatic carbocycles. The maximum absolute atomic E-state index is 10.00. The number of benzene rings is 1. The summed E-state index contributed by atoms with van der Waals surface area (Å²) in [5.74, 6) is 0. The van der Waals surface area contributed by atoms with E-state index in [1.807, 2.05) is 24.3 Å². The predicted octanol–water partition coefficient (Wildman–Crippen LogP) is 1.39. The first-order valence-corrected chi connectivity index (χ1v) is 3.68. The molecule has 0 bridgehead atoms. The normalized spacial score (nSPS) is 10.4. The van der Waals surface area contributed by atoms with Crippen molar-refractivity contribution in [3.63, 3.8) is 0 Å². The van der Waals surface area contributed by atoms with Gasteiger partial charge in [-0.25, -0.2) is 0 Å². The fourth-order valence-electron chi connectivity index (χ4n) is 0.946. The molecule has 0 aromatic heterocycles. The molecule has 0 aliphatic rings. The Labute approximate surface area is 71.2 Å². The van der Waals surface area contributed by atoms with Gasteiger partial charge in [-0.1, -0.05) is 24.3 Å². The Morgan fingerprint density at radius 2 is 2.25 bits per heavy atom. The van der Waals surface area contributed by atoms with Crippen LogP contribution in [0.1, 0.15) is 11.1 Å². The lowest BCUT2D eigenvalue weighted by atomic mass is 10.1. The van der Waals surface area contributed by atoms with Crippen LogP contribution in [-0.4, -0.2) is 11.4 Å². The lowest BCUT2D eigenvalue weighted by molar-refractivity contribution is -0.104. The molecule has 0 saturated heterocycles. The van der Waals surface area contributed by atoms with Crippen molar-refractivity contribution in [1.29, 1.82) is 0 Å². The van der Waals surface area contributed by atoms with Crippen LogP contribution in [0, 0.1) is 0 Å². The van der Waals surface area contributed by atoms with Crippen molar-refractivity contribution in [3.05, 3.63) is 41.5 Å². The molecule has 0 fully saturated rings. The van der Waals surface area contributed by atoms with Crippen LogP contribution in [0.15, 0.2) is 30.3 Å². The Balaban J connectivity index is 2.86. The largest absolute Gasteiger partial charge is 0.392 e. The highest BCUT2D eigenvalue weighted by Crippen LogP contribution is 2.06. The number of carbonyl (C=O) groups excluding carboxylic acids is 1. The Morgan fingerprint density at radius 1 is 1.42 bits per heavy atom. The summed E-state index contributed by atoms with van der Waals surface area (Å²) in [6.45, 7) is 0.0305. The second-order valence-electron chi connectivity index (χ2n) is 2.40. The number of aldehydes is 1. The smallest absolute Gasteiger partial charge is 0.142 e. The molecule has 0 heterocycles. The van der Waals surface area contributed by atoms with E-state index in [1.165, 1.54) is 6.08 Å². The Kier molecular flexibility index (Phi) is 3.23. The van der Waals surface area contributed by atoms with Crippen molar-refractivity contribution >= 4 is 12.4 Å². The summed E-state index contributed by atoms with van der Waals surface area (Å²) in [7, 11) is 0. The van der Waals surface area contributed by atoms with Gasteiger partial charge in [0.05, 0.1) is 6.61 Å². The van der Waals surface area contributed by atoms with Crippen LogP contribution in [0.25, 0.3) is 6.08 Å². The van der Waals surface area contributed by atoms with E-state index >= 15 is 0 Å². The lowest BCUT2D eigenvalue weighted by Crippen LogP contribution is -1.82. The summed E-state index contributed by atoms with van der Waals surface area (Å²) in [5, 5.41) is 8.79. The zero-order chi connectivity index (χ0) is 8.81. The standard InChI is InChI=1S/C10H10O2/c11-6-2-5-9-3-1-4-10(7-9)8-12/h1-7,12H,8H2/b5-2+. The third kappa shape index (κ3) is 2.32. The molecule has 1 aromatic rings. The Hall–Kier alpha value is -1.41.